The number of carbonyl (C=O) groups is 1. The second kappa shape index (κ2) is 3.73. The fourth-order valence-corrected chi connectivity index (χ4v) is 4.15. The molecule has 5 atom stereocenters. The van der Waals surface area contributed by atoms with Crippen LogP contribution in [0.15, 0.2) is 0 Å². The highest BCUT2D eigenvalue weighted by Crippen LogP contribution is 2.48. The Morgan fingerprint density at radius 2 is 2.00 bits per heavy atom. The number of carbonyl (C=O) groups excluding carboxylic acids is 1. The highest BCUT2D eigenvalue weighted by Gasteiger charge is 2.50. The Hall–Kier alpha value is -0.570. The maximum absolute atomic E-state index is 12.5. The van der Waals surface area contributed by atoms with E-state index in [-0.39, 0.29) is 12.0 Å². The standard InChI is InChI=1S/C13H22N2O/c1-8-3-2-6-15(8)13(16)11-9-4-5-10(7-9)12(11)14/h8-12H,2-7,14H2,1H3/t8?,9-,10+,11?,12?/m0/s1. The molecule has 1 amide bonds. The van der Waals surface area contributed by atoms with Crippen LogP contribution in [-0.4, -0.2) is 29.4 Å². The van der Waals surface area contributed by atoms with Gasteiger partial charge in [0.1, 0.15) is 0 Å². The van der Waals surface area contributed by atoms with Crippen LogP contribution < -0.4 is 5.73 Å². The number of hydrogen-bond donors (Lipinski definition) is 1. The van der Waals surface area contributed by atoms with Crippen LogP contribution >= 0.6 is 0 Å². The average molecular weight is 222 g/mol. The maximum atomic E-state index is 12.5. The van der Waals surface area contributed by atoms with Gasteiger partial charge in [-0.25, -0.2) is 0 Å². The number of rotatable bonds is 1. The van der Waals surface area contributed by atoms with Gasteiger partial charge in [0.25, 0.3) is 0 Å². The Morgan fingerprint density at radius 1 is 1.25 bits per heavy atom. The first-order chi connectivity index (χ1) is 7.68. The Morgan fingerprint density at radius 3 is 2.56 bits per heavy atom. The van der Waals surface area contributed by atoms with Crippen molar-refractivity contribution in [1.29, 1.82) is 0 Å². The lowest BCUT2D eigenvalue weighted by molar-refractivity contribution is -0.138. The molecule has 0 aromatic heterocycles. The Balaban J connectivity index is 1.75. The second-order valence-corrected chi connectivity index (χ2v) is 5.96. The van der Waals surface area contributed by atoms with Crippen molar-refractivity contribution in [2.45, 2.75) is 51.1 Å². The zero-order chi connectivity index (χ0) is 11.3. The van der Waals surface area contributed by atoms with Crippen molar-refractivity contribution in [1.82, 2.24) is 4.90 Å². The molecule has 3 fully saturated rings. The average Bonchev–Trinajstić information content (AvgIpc) is 2.92. The van der Waals surface area contributed by atoms with E-state index in [1.807, 2.05) is 0 Å². The molecule has 1 aliphatic heterocycles. The number of fused-ring (bicyclic) bond motifs is 2. The van der Waals surface area contributed by atoms with Gasteiger partial charge in [-0.15, -0.1) is 0 Å². The zero-order valence-corrected chi connectivity index (χ0v) is 10.1. The third-order valence-electron chi connectivity index (χ3n) is 5.10. The van der Waals surface area contributed by atoms with Crippen molar-refractivity contribution in [3.8, 4) is 0 Å². The first-order valence-electron chi connectivity index (χ1n) is 6.74. The summed E-state index contributed by atoms with van der Waals surface area (Å²) in [6.45, 7) is 3.13. The van der Waals surface area contributed by atoms with E-state index >= 15 is 0 Å². The highest BCUT2D eigenvalue weighted by atomic mass is 16.2. The quantitative estimate of drug-likeness (QED) is 0.728. The molecule has 16 heavy (non-hydrogen) atoms. The highest BCUT2D eigenvalue weighted by molar-refractivity contribution is 5.81. The molecule has 2 saturated carbocycles. The number of nitrogens with two attached hydrogens (primary N) is 1. The minimum atomic E-state index is 0.152. The van der Waals surface area contributed by atoms with Crippen molar-refractivity contribution >= 4 is 5.91 Å². The van der Waals surface area contributed by atoms with E-state index in [2.05, 4.69) is 11.8 Å². The zero-order valence-electron chi connectivity index (χ0n) is 10.1. The molecule has 0 spiro atoms. The van der Waals surface area contributed by atoms with E-state index in [0.717, 1.165) is 6.54 Å². The van der Waals surface area contributed by atoms with Crippen LogP contribution in [0.5, 0.6) is 0 Å². The van der Waals surface area contributed by atoms with Gasteiger partial charge < -0.3 is 10.6 Å². The largest absolute Gasteiger partial charge is 0.340 e. The summed E-state index contributed by atoms with van der Waals surface area (Å²) in [6.07, 6.45) is 6.03. The minimum absolute atomic E-state index is 0.152. The second-order valence-electron chi connectivity index (χ2n) is 5.96. The lowest BCUT2D eigenvalue weighted by atomic mass is 9.84. The third kappa shape index (κ3) is 1.41. The fraction of sp³-hybridized carbons (Fsp3) is 0.923. The third-order valence-corrected chi connectivity index (χ3v) is 5.10. The molecule has 90 valence electrons. The van der Waals surface area contributed by atoms with Gasteiger partial charge >= 0.3 is 0 Å². The van der Waals surface area contributed by atoms with Gasteiger partial charge in [-0.2, -0.15) is 0 Å². The number of hydrogen-bond acceptors (Lipinski definition) is 2. The molecule has 3 nitrogen and oxygen atoms in total. The van der Waals surface area contributed by atoms with Crippen molar-refractivity contribution in [3.63, 3.8) is 0 Å². The van der Waals surface area contributed by atoms with E-state index in [1.165, 1.54) is 32.1 Å². The topological polar surface area (TPSA) is 46.3 Å². The molecule has 2 aliphatic carbocycles. The molecule has 2 N–H and O–H groups in total. The summed E-state index contributed by atoms with van der Waals surface area (Å²) in [5.41, 5.74) is 6.23. The normalized spacial score (nSPS) is 46.6. The van der Waals surface area contributed by atoms with E-state index < -0.39 is 0 Å². The van der Waals surface area contributed by atoms with Crippen molar-refractivity contribution in [2.24, 2.45) is 23.5 Å². The van der Waals surface area contributed by atoms with Crippen LogP contribution in [0.25, 0.3) is 0 Å². The Kier molecular flexibility index (Phi) is 2.46. The minimum Gasteiger partial charge on any atom is -0.340 e. The van der Waals surface area contributed by atoms with Gasteiger partial charge in [0.15, 0.2) is 0 Å². The van der Waals surface area contributed by atoms with Crippen LogP contribution in [0.3, 0.4) is 0 Å². The summed E-state index contributed by atoms with van der Waals surface area (Å²) >= 11 is 0. The van der Waals surface area contributed by atoms with Crippen LogP contribution in [0.1, 0.15) is 39.0 Å². The molecule has 3 unspecified atom stereocenters. The SMILES string of the molecule is CC1CCCN1C(=O)C1C(N)[C@@H]2CC[C@H]1C2. The lowest BCUT2D eigenvalue weighted by Gasteiger charge is -2.32. The Bertz CT molecular complexity index is 302. The molecule has 3 rings (SSSR count). The van der Waals surface area contributed by atoms with Gasteiger partial charge in [0, 0.05) is 18.6 Å². The lowest BCUT2D eigenvalue weighted by Crippen LogP contribution is -2.48. The monoisotopic (exact) mass is 222 g/mol. The van der Waals surface area contributed by atoms with Gasteiger partial charge in [-0.05, 0) is 50.9 Å². The van der Waals surface area contributed by atoms with Gasteiger partial charge in [-0.1, -0.05) is 0 Å². The summed E-state index contributed by atoms with van der Waals surface area (Å²) in [5, 5.41) is 0. The van der Waals surface area contributed by atoms with Gasteiger partial charge in [0.2, 0.25) is 5.91 Å². The van der Waals surface area contributed by atoms with Crippen LogP contribution in [0.2, 0.25) is 0 Å². The molecular weight excluding hydrogens is 200 g/mol. The molecule has 3 heteroatoms. The number of nitrogens with zero attached hydrogens (tertiary/aromatic N) is 1. The number of amides is 1. The molecule has 0 aromatic rings. The summed E-state index contributed by atoms with van der Waals surface area (Å²) in [7, 11) is 0. The number of likely N-dealkylation sites (tertiary alicyclic amines) is 1. The van der Waals surface area contributed by atoms with Crippen LogP contribution in [0.4, 0.5) is 0 Å². The molecule has 1 saturated heterocycles. The first-order valence-corrected chi connectivity index (χ1v) is 6.74. The molecular formula is C13H22N2O. The maximum Gasteiger partial charge on any atom is 0.227 e. The summed E-state index contributed by atoms with van der Waals surface area (Å²) in [6, 6.07) is 0.595. The van der Waals surface area contributed by atoms with Crippen LogP contribution in [-0.2, 0) is 4.79 Å². The fourth-order valence-electron chi connectivity index (χ4n) is 4.15. The van der Waals surface area contributed by atoms with E-state index in [1.54, 1.807) is 0 Å². The predicted molar refractivity (Wildman–Crippen MR) is 62.7 cm³/mol. The first kappa shape index (κ1) is 10.6. The van der Waals surface area contributed by atoms with E-state index in [4.69, 9.17) is 5.73 Å². The molecule has 0 aromatic carbocycles. The van der Waals surface area contributed by atoms with Gasteiger partial charge in [0.05, 0.1) is 5.92 Å². The Labute approximate surface area is 97.4 Å². The predicted octanol–water partition coefficient (Wildman–Crippen LogP) is 1.37. The molecule has 2 bridgehead atoms. The summed E-state index contributed by atoms with van der Waals surface area (Å²) in [4.78, 5) is 14.6. The molecule has 3 aliphatic rings. The van der Waals surface area contributed by atoms with E-state index in [9.17, 15) is 4.79 Å². The van der Waals surface area contributed by atoms with Crippen LogP contribution in [0, 0.1) is 17.8 Å². The van der Waals surface area contributed by atoms with Crippen molar-refractivity contribution in [3.05, 3.63) is 0 Å². The van der Waals surface area contributed by atoms with Crippen molar-refractivity contribution in [2.75, 3.05) is 6.54 Å². The summed E-state index contributed by atoms with van der Waals surface area (Å²) in [5.74, 6) is 1.75. The van der Waals surface area contributed by atoms with Crippen molar-refractivity contribution < 1.29 is 4.79 Å². The summed E-state index contributed by atoms with van der Waals surface area (Å²) < 4.78 is 0. The van der Waals surface area contributed by atoms with Gasteiger partial charge in [-0.3, -0.25) is 4.79 Å². The smallest absolute Gasteiger partial charge is 0.227 e. The van der Waals surface area contributed by atoms with E-state index in [0.29, 0.717) is 23.8 Å². The molecule has 1 heterocycles. The molecule has 0 radical (unpaired) electrons.